The molecule has 0 bridgehead atoms. The molecule has 172 valence electrons. The molecular weight excluding hydrogens is 384 g/mol. The molecule has 0 amide bonds. The zero-order valence-electron chi connectivity index (χ0n) is 20.2. The predicted octanol–water partition coefficient (Wildman–Crippen LogP) is 5.28. The van der Waals surface area contributed by atoms with Crippen molar-refractivity contribution in [1.29, 1.82) is 0 Å². The Morgan fingerprint density at radius 2 is 1.77 bits per heavy atom. The van der Waals surface area contributed by atoms with Crippen molar-refractivity contribution in [2.45, 2.75) is 105 Å². The Labute approximate surface area is 188 Å². The molecular formula is C27H42N2O2. The number of aromatic nitrogens is 2. The zero-order chi connectivity index (χ0) is 22.1. The lowest BCUT2D eigenvalue weighted by Crippen LogP contribution is -2.54. The van der Waals surface area contributed by atoms with E-state index in [1.165, 1.54) is 42.5 Å². The van der Waals surface area contributed by atoms with E-state index in [1.807, 2.05) is 0 Å². The molecule has 4 aliphatic carbocycles. The van der Waals surface area contributed by atoms with Crippen molar-refractivity contribution in [3.63, 3.8) is 0 Å². The molecule has 4 nitrogen and oxygen atoms in total. The zero-order valence-corrected chi connectivity index (χ0v) is 20.2. The average molecular weight is 427 g/mol. The first kappa shape index (κ1) is 21.7. The second kappa shape index (κ2) is 7.45. The van der Waals surface area contributed by atoms with E-state index in [0.29, 0.717) is 17.3 Å². The fourth-order valence-electron chi connectivity index (χ4n) is 8.65. The fraction of sp³-hybridized carbons (Fsp3) is 0.815. The van der Waals surface area contributed by atoms with Gasteiger partial charge in [-0.05, 0) is 113 Å². The number of aliphatic hydroxyl groups is 2. The summed E-state index contributed by atoms with van der Waals surface area (Å²) in [5, 5.41) is 26.5. The van der Waals surface area contributed by atoms with Gasteiger partial charge in [-0.15, -0.1) is 0 Å². The maximum Gasteiger partial charge on any atom is 0.0809 e. The number of aryl methyl sites for hydroxylation is 2. The molecule has 1 aromatic heterocycles. The van der Waals surface area contributed by atoms with Crippen LogP contribution in [0.2, 0.25) is 0 Å². The normalized spacial score (nSPS) is 46.0. The van der Waals surface area contributed by atoms with Gasteiger partial charge in [0.15, 0.2) is 0 Å². The molecule has 0 unspecified atom stereocenters. The highest BCUT2D eigenvalue weighted by molar-refractivity contribution is 5.59. The molecule has 4 fully saturated rings. The minimum atomic E-state index is -0.332. The molecule has 1 aromatic rings. The van der Waals surface area contributed by atoms with Gasteiger partial charge in [0.2, 0.25) is 0 Å². The second-order valence-electron chi connectivity index (χ2n) is 11.9. The molecule has 4 saturated carbocycles. The SMILES string of the molecule is CCn1nc(C)c(/C=C2\C[C@H]3[C@@H]4CC[C@H]5C[C@H](O)CC[C@]5(C)[C@H]4CC[C@]3(C)[C@@H]2O)c1C. The molecule has 0 saturated heterocycles. The van der Waals surface area contributed by atoms with Crippen LogP contribution in [0.3, 0.4) is 0 Å². The third kappa shape index (κ3) is 3.11. The number of nitrogens with zero attached hydrogens (tertiary/aromatic N) is 2. The van der Waals surface area contributed by atoms with Crippen LogP contribution in [-0.4, -0.2) is 32.2 Å². The highest BCUT2D eigenvalue weighted by Crippen LogP contribution is 2.67. The molecule has 0 spiro atoms. The number of rotatable bonds is 2. The van der Waals surface area contributed by atoms with Crippen LogP contribution in [0.4, 0.5) is 0 Å². The van der Waals surface area contributed by atoms with E-state index in [2.05, 4.69) is 45.4 Å². The van der Waals surface area contributed by atoms with Gasteiger partial charge in [-0.3, -0.25) is 4.68 Å². The van der Waals surface area contributed by atoms with E-state index in [-0.39, 0.29) is 17.6 Å². The maximum absolute atomic E-state index is 11.5. The van der Waals surface area contributed by atoms with Crippen molar-refractivity contribution in [1.82, 2.24) is 9.78 Å². The number of hydrogen-bond donors (Lipinski definition) is 2. The summed E-state index contributed by atoms with van der Waals surface area (Å²) in [6.45, 7) is 12.2. The van der Waals surface area contributed by atoms with Gasteiger partial charge >= 0.3 is 0 Å². The minimum absolute atomic E-state index is 0.00688. The van der Waals surface area contributed by atoms with Gasteiger partial charge in [-0.25, -0.2) is 0 Å². The Kier molecular flexibility index (Phi) is 5.21. The quantitative estimate of drug-likeness (QED) is 0.677. The van der Waals surface area contributed by atoms with E-state index in [1.54, 1.807) is 0 Å². The maximum atomic E-state index is 11.5. The first-order chi connectivity index (χ1) is 14.7. The molecule has 2 N–H and O–H groups in total. The lowest BCUT2D eigenvalue weighted by molar-refractivity contribution is -0.133. The third-order valence-corrected chi connectivity index (χ3v) is 10.6. The highest BCUT2D eigenvalue weighted by atomic mass is 16.3. The standard InChI is InChI=1S/C27H42N2O2/c1-6-29-17(3)22(16(2)28-29)13-18-14-24-21-8-7-19-15-20(30)9-11-26(19,4)23(21)10-12-27(24,5)25(18)31/h13,19-21,23-25,30-31H,6-12,14-15H2,1-5H3/b18-13+/t19-,20+,21+,23-,24-,25+,26-,27-/m0/s1. The summed E-state index contributed by atoms with van der Waals surface area (Å²) in [5.74, 6) is 2.75. The number of fused-ring (bicyclic) bond motifs is 5. The number of hydrogen-bond acceptors (Lipinski definition) is 3. The molecule has 8 atom stereocenters. The van der Waals surface area contributed by atoms with Crippen LogP contribution in [0.5, 0.6) is 0 Å². The van der Waals surface area contributed by atoms with E-state index in [9.17, 15) is 10.2 Å². The van der Waals surface area contributed by atoms with Crippen LogP contribution in [-0.2, 0) is 6.54 Å². The Balaban J connectivity index is 1.46. The van der Waals surface area contributed by atoms with Crippen molar-refractivity contribution in [2.24, 2.45) is 34.5 Å². The van der Waals surface area contributed by atoms with Crippen molar-refractivity contribution >= 4 is 6.08 Å². The van der Waals surface area contributed by atoms with E-state index in [4.69, 9.17) is 5.10 Å². The average Bonchev–Trinajstić information content (AvgIpc) is 3.16. The van der Waals surface area contributed by atoms with Crippen LogP contribution >= 0.6 is 0 Å². The molecule has 4 heteroatoms. The van der Waals surface area contributed by atoms with Crippen molar-refractivity contribution in [3.05, 3.63) is 22.5 Å². The summed E-state index contributed by atoms with van der Waals surface area (Å²) in [6.07, 6.45) is 11.0. The lowest BCUT2D eigenvalue weighted by Gasteiger charge is -2.60. The van der Waals surface area contributed by atoms with Crippen LogP contribution < -0.4 is 0 Å². The first-order valence-corrected chi connectivity index (χ1v) is 12.8. The summed E-state index contributed by atoms with van der Waals surface area (Å²) < 4.78 is 2.08. The van der Waals surface area contributed by atoms with Crippen molar-refractivity contribution in [2.75, 3.05) is 0 Å². The topological polar surface area (TPSA) is 58.3 Å². The summed E-state index contributed by atoms with van der Waals surface area (Å²) in [7, 11) is 0. The predicted molar refractivity (Wildman–Crippen MR) is 124 cm³/mol. The van der Waals surface area contributed by atoms with Crippen LogP contribution in [0.25, 0.3) is 6.08 Å². The molecule has 0 aliphatic heterocycles. The molecule has 31 heavy (non-hydrogen) atoms. The monoisotopic (exact) mass is 426 g/mol. The van der Waals surface area contributed by atoms with E-state index in [0.717, 1.165) is 49.8 Å². The summed E-state index contributed by atoms with van der Waals surface area (Å²) in [4.78, 5) is 0. The highest BCUT2D eigenvalue weighted by Gasteiger charge is 2.61. The molecule has 0 radical (unpaired) electrons. The second-order valence-corrected chi connectivity index (χ2v) is 11.9. The Hall–Kier alpha value is -1.13. The fourth-order valence-corrected chi connectivity index (χ4v) is 8.65. The van der Waals surface area contributed by atoms with Gasteiger partial charge < -0.3 is 10.2 Å². The molecule has 1 heterocycles. The van der Waals surface area contributed by atoms with Gasteiger partial charge in [-0.2, -0.15) is 5.10 Å². The first-order valence-electron chi connectivity index (χ1n) is 12.8. The largest absolute Gasteiger partial charge is 0.393 e. The Morgan fingerprint density at radius 1 is 1.03 bits per heavy atom. The number of aliphatic hydroxyl groups excluding tert-OH is 2. The molecule has 4 aliphatic rings. The summed E-state index contributed by atoms with van der Waals surface area (Å²) >= 11 is 0. The van der Waals surface area contributed by atoms with Gasteiger partial charge in [0, 0.05) is 23.2 Å². The Bertz CT molecular complexity index is 888. The van der Waals surface area contributed by atoms with Crippen LogP contribution in [0.1, 0.15) is 89.1 Å². The third-order valence-electron chi connectivity index (χ3n) is 10.6. The van der Waals surface area contributed by atoms with E-state index >= 15 is 0 Å². The van der Waals surface area contributed by atoms with Crippen molar-refractivity contribution in [3.8, 4) is 0 Å². The summed E-state index contributed by atoms with van der Waals surface area (Å²) in [5.41, 5.74) is 5.13. The van der Waals surface area contributed by atoms with Crippen LogP contribution in [0.15, 0.2) is 5.57 Å². The summed E-state index contributed by atoms with van der Waals surface area (Å²) in [6, 6.07) is 0. The van der Waals surface area contributed by atoms with Crippen LogP contribution in [0, 0.1) is 48.3 Å². The minimum Gasteiger partial charge on any atom is -0.393 e. The molecule has 5 rings (SSSR count). The van der Waals surface area contributed by atoms with Gasteiger partial charge in [0.05, 0.1) is 17.9 Å². The molecule has 0 aromatic carbocycles. The Morgan fingerprint density at radius 3 is 2.48 bits per heavy atom. The smallest absolute Gasteiger partial charge is 0.0809 e. The van der Waals surface area contributed by atoms with Crippen molar-refractivity contribution < 1.29 is 10.2 Å². The lowest BCUT2D eigenvalue weighted by atomic mass is 9.45. The van der Waals surface area contributed by atoms with Gasteiger partial charge in [-0.1, -0.05) is 13.8 Å². The van der Waals surface area contributed by atoms with Gasteiger partial charge in [0.1, 0.15) is 0 Å². The van der Waals surface area contributed by atoms with E-state index < -0.39 is 0 Å². The van der Waals surface area contributed by atoms with Gasteiger partial charge in [0.25, 0.3) is 0 Å².